The molecule has 0 unspecified atom stereocenters. The maximum Gasteiger partial charge on any atom is 0.325 e. The fourth-order valence-corrected chi connectivity index (χ4v) is 2.94. The Labute approximate surface area is 155 Å². The van der Waals surface area contributed by atoms with Crippen molar-refractivity contribution in [1.82, 2.24) is 10.6 Å². The lowest BCUT2D eigenvalue weighted by Gasteiger charge is -2.41. The summed E-state index contributed by atoms with van der Waals surface area (Å²) in [5.74, 6) is -2.82. The lowest BCUT2D eigenvalue weighted by Crippen LogP contribution is -2.63. The molecule has 3 N–H and O–H groups in total. The minimum atomic E-state index is -1.19. The first-order valence-corrected chi connectivity index (χ1v) is 8.50. The lowest BCUT2D eigenvalue weighted by atomic mass is 9.97. The number of esters is 1. The van der Waals surface area contributed by atoms with E-state index in [2.05, 4.69) is 10.6 Å². The van der Waals surface area contributed by atoms with E-state index in [0.717, 1.165) is 0 Å². The molecule has 11 heteroatoms. The minimum Gasteiger partial charge on any atom is -0.480 e. The molecule has 0 spiro atoms. The van der Waals surface area contributed by atoms with E-state index in [1.54, 1.807) is 0 Å². The van der Waals surface area contributed by atoms with Gasteiger partial charge in [0.1, 0.15) is 30.4 Å². The number of ether oxygens (including phenoxy) is 4. The van der Waals surface area contributed by atoms with E-state index in [1.807, 2.05) is 0 Å². The molecule has 0 aromatic rings. The standard InChI is InChI=1S/C16H24N2O9/c1-6(15(22)23)17-14(21)7(2)25-13-11(18-8(3)19)16-24-5-10(27-16)12(13)26-9(4)20/h6-7,10-13,16H,5H2,1-4H3,(H,17,21)(H,18,19)(H,22,23)/t6-,7+,10+,11+,12+,13+,16+/m0/s1. The van der Waals surface area contributed by atoms with Crippen LogP contribution in [0.1, 0.15) is 27.7 Å². The molecule has 2 heterocycles. The zero-order valence-electron chi connectivity index (χ0n) is 15.5. The number of nitrogens with one attached hydrogen (secondary N) is 2. The van der Waals surface area contributed by atoms with E-state index in [4.69, 9.17) is 24.1 Å². The molecule has 0 saturated carbocycles. The average Bonchev–Trinajstić information content (AvgIpc) is 3.00. The van der Waals surface area contributed by atoms with Gasteiger partial charge in [0, 0.05) is 13.8 Å². The molecule has 0 aromatic heterocycles. The van der Waals surface area contributed by atoms with Crippen molar-refractivity contribution in [3.8, 4) is 0 Å². The summed E-state index contributed by atoms with van der Waals surface area (Å²) in [7, 11) is 0. The second kappa shape index (κ2) is 8.63. The molecule has 2 fully saturated rings. The number of hydrogen-bond donors (Lipinski definition) is 3. The highest BCUT2D eigenvalue weighted by atomic mass is 16.7. The van der Waals surface area contributed by atoms with Gasteiger partial charge in [-0.2, -0.15) is 0 Å². The van der Waals surface area contributed by atoms with E-state index in [9.17, 15) is 19.2 Å². The van der Waals surface area contributed by atoms with Crippen molar-refractivity contribution < 1.29 is 43.2 Å². The third-order valence-electron chi connectivity index (χ3n) is 4.20. The summed E-state index contributed by atoms with van der Waals surface area (Å²) in [6.07, 6.45) is -4.34. The first kappa shape index (κ1) is 21.1. The summed E-state index contributed by atoms with van der Waals surface area (Å²) >= 11 is 0. The number of carboxylic acid groups (broad SMARTS) is 1. The second-order valence-corrected chi connectivity index (χ2v) is 6.49. The van der Waals surface area contributed by atoms with Gasteiger partial charge in [-0.05, 0) is 13.8 Å². The molecular formula is C16H24N2O9. The normalized spacial score (nSPS) is 31.5. The van der Waals surface area contributed by atoms with E-state index >= 15 is 0 Å². The highest BCUT2D eigenvalue weighted by Gasteiger charge is 2.54. The topological polar surface area (TPSA) is 149 Å². The number of aliphatic carboxylic acids is 1. The largest absolute Gasteiger partial charge is 0.480 e. The first-order chi connectivity index (χ1) is 12.6. The van der Waals surface area contributed by atoms with Crippen molar-refractivity contribution in [1.29, 1.82) is 0 Å². The maximum absolute atomic E-state index is 12.2. The van der Waals surface area contributed by atoms with Gasteiger partial charge in [0.2, 0.25) is 11.8 Å². The molecule has 7 atom stereocenters. The van der Waals surface area contributed by atoms with Gasteiger partial charge in [0.05, 0.1) is 6.61 Å². The van der Waals surface area contributed by atoms with Gasteiger partial charge in [0.15, 0.2) is 12.4 Å². The molecule has 11 nitrogen and oxygen atoms in total. The van der Waals surface area contributed by atoms with Crippen LogP contribution in [-0.2, 0) is 38.1 Å². The number of carbonyl (C=O) groups excluding carboxylic acids is 3. The molecule has 0 aromatic carbocycles. The predicted molar refractivity (Wildman–Crippen MR) is 87.3 cm³/mol. The van der Waals surface area contributed by atoms with Gasteiger partial charge in [0.25, 0.3) is 0 Å². The van der Waals surface area contributed by atoms with E-state index in [-0.39, 0.29) is 12.5 Å². The Kier molecular flexibility index (Phi) is 6.73. The van der Waals surface area contributed by atoms with Crippen LogP contribution in [0.25, 0.3) is 0 Å². The Balaban J connectivity index is 2.18. The van der Waals surface area contributed by atoms with Gasteiger partial charge >= 0.3 is 11.9 Å². The first-order valence-electron chi connectivity index (χ1n) is 8.50. The molecule has 2 saturated heterocycles. The van der Waals surface area contributed by atoms with Gasteiger partial charge in [-0.25, -0.2) is 0 Å². The molecule has 27 heavy (non-hydrogen) atoms. The fraction of sp³-hybridized carbons (Fsp3) is 0.750. The number of rotatable bonds is 7. The highest BCUT2D eigenvalue weighted by molar-refractivity contribution is 5.85. The van der Waals surface area contributed by atoms with Gasteiger partial charge < -0.3 is 34.7 Å². The van der Waals surface area contributed by atoms with Crippen LogP contribution >= 0.6 is 0 Å². The molecule has 2 aliphatic heterocycles. The zero-order valence-corrected chi connectivity index (χ0v) is 15.5. The highest BCUT2D eigenvalue weighted by Crippen LogP contribution is 2.32. The van der Waals surface area contributed by atoms with Crippen LogP contribution in [0.4, 0.5) is 0 Å². The Bertz CT molecular complexity index is 581. The van der Waals surface area contributed by atoms with Crippen molar-refractivity contribution in [2.75, 3.05) is 6.61 Å². The third kappa shape index (κ3) is 5.15. The molecule has 0 aliphatic carbocycles. The van der Waals surface area contributed by atoms with E-state index in [0.29, 0.717) is 0 Å². The summed E-state index contributed by atoms with van der Waals surface area (Å²) in [6, 6.07) is -1.93. The van der Waals surface area contributed by atoms with Gasteiger partial charge in [-0.15, -0.1) is 0 Å². The van der Waals surface area contributed by atoms with Gasteiger partial charge in [-0.3, -0.25) is 19.2 Å². The van der Waals surface area contributed by atoms with E-state index < -0.39 is 60.6 Å². The van der Waals surface area contributed by atoms with Crippen molar-refractivity contribution in [3.05, 3.63) is 0 Å². The van der Waals surface area contributed by atoms with E-state index in [1.165, 1.54) is 27.7 Å². The van der Waals surface area contributed by atoms with Crippen LogP contribution in [0, 0.1) is 0 Å². The number of carboxylic acids is 1. The summed E-state index contributed by atoms with van der Waals surface area (Å²) in [4.78, 5) is 46.2. The SMILES string of the molecule is CC(=O)N[C@H]1[C@@H]2OC[C@@H](O2)[C@@H](OC(C)=O)[C@@H]1O[C@H](C)C(=O)N[C@@H](C)C(=O)O. The minimum absolute atomic E-state index is 0.134. The van der Waals surface area contributed by atoms with Crippen molar-refractivity contribution in [2.45, 2.75) is 70.5 Å². The Morgan fingerprint density at radius 3 is 2.37 bits per heavy atom. The number of fused-ring (bicyclic) bond motifs is 2. The third-order valence-corrected chi connectivity index (χ3v) is 4.20. The van der Waals surface area contributed by atoms with Crippen LogP contribution in [0.2, 0.25) is 0 Å². The molecule has 0 radical (unpaired) electrons. The summed E-state index contributed by atoms with van der Waals surface area (Å²) < 4.78 is 22.2. The Morgan fingerprint density at radius 1 is 1.15 bits per heavy atom. The molecular weight excluding hydrogens is 364 g/mol. The molecule has 2 amide bonds. The van der Waals surface area contributed by atoms with Crippen LogP contribution in [-0.4, -0.2) is 78.3 Å². The fourth-order valence-electron chi connectivity index (χ4n) is 2.94. The predicted octanol–water partition coefficient (Wildman–Crippen LogP) is -1.46. The zero-order chi connectivity index (χ0) is 20.3. The lowest BCUT2D eigenvalue weighted by molar-refractivity contribution is -0.220. The molecule has 2 aliphatic rings. The Hall–Kier alpha value is -2.24. The number of carbonyl (C=O) groups is 4. The quantitative estimate of drug-likeness (QED) is 0.445. The maximum atomic E-state index is 12.2. The summed E-state index contributed by atoms with van der Waals surface area (Å²) in [5.41, 5.74) is 0. The molecule has 2 rings (SSSR count). The number of amides is 2. The molecule has 2 bridgehead atoms. The van der Waals surface area contributed by atoms with Crippen LogP contribution in [0.5, 0.6) is 0 Å². The van der Waals surface area contributed by atoms with Crippen molar-refractivity contribution in [2.24, 2.45) is 0 Å². The summed E-state index contributed by atoms with van der Waals surface area (Å²) in [6.45, 7) is 5.39. The van der Waals surface area contributed by atoms with Gasteiger partial charge in [-0.1, -0.05) is 0 Å². The molecule has 152 valence electrons. The number of hydrogen-bond acceptors (Lipinski definition) is 8. The second-order valence-electron chi connectivity index (χ2n) is 6.49. The van der Waals surface area contributed by atoms with Crippen molar-refractivity contribution in [3.63, 3.8) is 0 Å². The summed E-state index contributed by atoms with van der Waals surface area (Å²) in [5, 5.41) is 13.8. The van der Waals surface area contributed by atoms with Crippen molar-refractivity contribution >= 4 is 23.8 Å². The average molecular weight is 388 g/mol. The smallest absolute Gasteiger partial charge is 0.325 e. The van der Waals surface area contributed by atoms with Crippen LogP contribution in [0.3, 0.4) is 0 Å². The monoisotopic (exact) mass is 388 g/mol. The van der Waals surface area contributed by atoms with Crippen LogP contribution in [0.15, 0.2) is 0 Å². The van der Waals surface area contributed by atoms with Crippen LogP contribution < -0.4 is 10.6 Å². The Morgan fingerprint density at radius 2 is 1.81 bits per heavy atom.